The van der Waals surface area contributed by atoms with Crippen molar-refractivity contribution in [3.05, 3.63) is 69.0 Å². The van der Waals surface area contributed by atoms with E-state index in [-0.39, 0.29) is 12.3 Å². The van der Waals surface area contributed by atoms with Crippen molar-refractivity contribution in [2.45, 2.75) is 23.6 Å². The normalized spacial score (nSPS) is 10.7. The average molecular weight is 391 g/mol. The fraction of sp³-hybridized carbons (Fsp3) is 0.176. The molecule has 1 aromatic heterocycles. The second-order valence-electron chi connectivity index (χ2n) is 5.51. The van der Waals surface area contributed by atoms with E-state index in [1.54, 1.807) is 35.9 Å². The van der Waals surface area contributed by atoms with Gasteiger partial charge in [0.25, 0.3) is 5.69 Å². The average Bonchev–Trinajstić information content (AvgIpc) is 2.95. The van der Waals surface area contributed by atoms with Crippen LogP contribution < -0.4 is 4.74 Å². The lowest BCUT2D eigenvalue weighted by Gasteiger charge is -2.08. The minimum atomic E-state index is -0.396. The van der Waals surface area contributed by atoms with Crippen LogP contribution >= 0.6 is 23.4 Å². The third-order valence-electron chi connectivity index (χ3n) is 3.63. The Balaban J connectivity index is 1.78. The van der Waals surface area contributed by atoms with Crippen molar-refractivity contribution < 1.29 is 9.66 Å². The number of ether oxygens (including phenoxy) is 1. The van der Waals surface area contributed by atoms with Gasteiger partial charge in [0.2, 0.25) is 0 Å². The highest BCUT2D eigenvalue weighted by Gasteiger charge is 2.18. The molecule has 0 bridgehead atoms. The van der Waals surface area contributed by atoms with Crippen molar-refractivity contribution >= 4 is 29.1 Å². The Kier molecular flexibility index (Phi) is 5.43. The van der Waals surface area contributed by atoms with E-state index in [2.05, 4.69) is 10.2 Å². The quantitative estimate of drug-likeness (QED) is 0.457. The van der Waals surface area contributed by atoms with Gasteiger partial charge in [-0.25, -0.2) is 0 Å². The molecule has 0 spiro atoms. The minimum absolute atomic E-state index is 0.0480. The summed E-state index contributed by atoms with van der Waals surface area (Å²) in [6.07, 6.45) is 0. The van der Waals surface area contributed by atoms with E-state index in [1.807, 2.05) is 25.1 Å². The Bertz CT molecular complexity index is 961. The fourth-order valence-electron chi connectivity index (χ4n) is 2.22. The molecule has 0 atom stereocenters. The van der Waals surface area contributed by atoms with Crippen molar-refractivity contribution in [3.63, 3.8) is 0 Å². The second kappa shape index (κ2) is 7.76. The molecule has 0 saturated heterocycles. The van der Waals surface area contributed by atoms with Gasteiger partial charge in [-0.15, -0.1) is 10.2 Å². The maximum atomic E-state index is 11.3. The van der Waals surface area contributed by atoms with Crippen molar-refractivity contribution in [2.75, 3.05) is 0 Å². The van der Waals surface area contributed by atoms with Crippen LogP contribution in [0.25, 0.3) is 0 Å². The molecule has 3 aromatic rings. The van der Waals surface area contributed by atoms with Crippen LogP contribution in [0.3, 0.4) is 0 Å². The zero-order chi connectivity index (χ0) is 18.7. The standard InChI is InChI=1S/C17H15ClN4O3S/c1-11-7-8-15(13(9-11)22(23)24)26-17-20-19-16(21(17)2)10-25-14-6-4-3-5-12(14)18/h3-9H,10H2,1-2H3. The van der Waals surface area contributed by atoms with Crippen LogP contribution in [0.4, 0.5) is 5.69 Å². The number of nitro benzene ring substituents is 1. The minimum Gasteiger partial charge on any atom is -0.484 e. The molecular formula is C17H15ClN4O3S. The molecule has 0 unspecified atom stereocenters. The van der Waals surface area contributed by atoms with Crippen molar-refractivity contribution in [1.29, 1.82) is 0 Å². The predicted octanol–water partition coefficient (Wildman–Crippen LogP) is 4.42. The lowest BCUT2D eigenvalue weighted by Crippen LogP contribution is -2.04. The summed E-state index contributed by atoms with van der Waals surface area (Å²) in [5.41, 5.74) is 0.875. The first kappa shape index (κ1) is 18.2. The van der Waals surface area contributed by atoms with Crippen molar-refractivity contribution in [1.82, 2.24) is 14.8 Å². The number of para-hydroxylation sites is 1. The first-order valence-corrected chi connectivity index (χ1v) is 8.83. The van der Waals surface area contributed by atoms with Gasteiger partial charge in [-0.05, 0) is 42.4 Å². The Morgan fingerprint density at radius 3 is 2.77 bits per heavy atom. The van der Waals surface area contributed by atoms with Crippen LogP contribution in [0.1, 0.15) is 11.4 Å². The molecule has 0 saturated carbocycles. The zero-order valence-electron chi connectivity index (χ0n) is 14.0. The van der Waals surface area contributed by atoms with Gasteiger partial charge in [-0.1, -0.05) is 29.8 Å². The monoisotopic (exact) mass is 390 g/mol. The third kappa shape index (κ3) is 3.97. The molecule has 0 amide bonds. The second-order valence-corrected chi connectivity index (χ2v) is 6.92. The molecule has 1 heterocycles. The molecule has 0 N–H and O–H groups in total. The van der Waals surface area contributed by atoms with Gasteiger partial charge in [0.1, 0.15) is 12.4 Å². The highest BCUT2D eigenvalue weighted by atomic mass is 35.5. The van der Waals surface area contributed by atoms with E-state index >= 15 is 0 Å². The van der Waals surface area contributed by atoms with Gasteiger partial charge in [0, 0.05) is 13.1 Å². The van der Waals surface area contributed by atoms with Crippen LogP contribution in [0, 0.1) is 17.0 Å². The lowest BCUT2D eigenvalue weighted by atomic mass is 10.2. The van der Waals surface area contributed by atoms with Gasteiger partial charge < -0.3 is 9.30 Å². The number of aromatic nitrogens is 3. The van der Waals surface area contributed by atoms with E-state index in [9.17, 15) is 10.1 Å². The summed E-state index contributed by atoms with van der Waals surface area (Å²) in [4.78, 5) is 11.4. The van der Waals surface area contributed by atoms with E-state index in [1.165, 1.54) is 11.8 Å². The number of benzene rings is 2. The number of nitrogens with zero attached hydrogens (tertiary/aromatic N) is 4. The molecule has 3 rings (SSSR count). The van der Waals surface area contributed by atoms with Gasteiger partial charge >= 0.3 is 0 Å². The molecular weight excluding hydrogens is 376 g/mol. The van der Waals surface area contributed by atoms with Crippen LogP contribution in [0.15, 0.2) is 52.5 Å². The van der Waals surface area contributed by atoms with Crippen LogP contribution in [0.2, 0.25) is 5.02 Å². The van der Waals surface area contributed by atoms with Gasteiger partial charge in [-0.2, -0.15) is 0 Å². The summed E-state index contributed by atoms with van der Waals surface area (Å²) < 4.78 is 7.41. The number of nitro groups is 1. The Hall–Kier alpha value is -2.58. The first-order chi connectivity index (χ1) is 12.5. The van der Waals surface area contributed by atoms with Gasteiger partial charge in [-0.3, -0.25) is 10.1 Å². The summed E-state index contributed by atoms with van der Waals surface area (Å²) in [6.45, 7) is 2.00. The number of halogens is 1. The van der Waals surface area contributed by atoms with E-state index < -0.39 is 4.92 Å². The lowest BCUT2D eigenvalue weighted by molar-refractivity contribution is -0.387. The molecule has 0 aliphatic carbocycles. The molecule has 0 radical (unpaired) electrons. The maximum absolute atomic E-state index is 11.3. The molecule has 0 aliphatic heterocycles. The molecule has 7 nitrogen and oxygen atoms in total. The Morgan fingerprint density at radius 1 is 1.27 bits per heavy atom. The fourth-order valence-corrected chi connectivity index (χ4v) is 3.30. The van der Waals surface area contributed by atoms with E-state index in [0.29, 0.717) is 26.6 Å². The van der Waals surface area contributed by atoms with Gasteiger partial charge in [0.05, 0.1) is 14.8 Å². The summed E-state index contributed by atoms with van der Waals surface area (Å²) in [6, 6.07) is 12.2. The Morgan fingerprint density at radius 2 is 2.04 bits per heavy atom. The SMILES string of the molecule is Cc1ccc(Sc2nnc(COc3ccccc3Cl)n2C)c([N+](=O)[O-])c1. The highest BCUT2D eigenvalue weighted by Crippen LogP contribution is 2.34. The van der Waals surface area contributed by atoms with Crippen molar-refractivity contribution in [3.8, 4) is 5.75 Å². The molecule has 0 fully saturated rings. The third-order valence-corrected chi connectivity index (χ3v) is 5.05. The summed E-state index contributed by atoms with van der Waals surface area (Å²) in [7, 11) is 1.79. The number of hydrogen-bond acceptors (Lipinski definition) is 6. The molecule has 2 aromatic carbocycles. The molecule has 0 aliphatic rings. The molecule has 9 heteroatoms. The first-order valence-electron chi connectivity index (χ1n) is 7.64. The van der Waals surface area contributed by atoms with E-state index in [0.717, 1.165) is 5.56 Å². The van der Waals surface area contributed by atoms with Crippen LogP contribution in [0.5, 0.6) is 5.75 Å². The summed E-state index contributed by atoms with van der Waals surface area (Å²) >= 11 is 7.26. The maximum Gasteiger partial charge on any atom is 0.283 e. The summed E-state index contributed by atoms with van der Waals surface area (Å²) in [5.74, 6) is 1.14. The number of hydrogen-bond donors (Lipinski definition) is 0. The zero-order valence-corrected chi connectivity index (χ0v) is 15.6. The topological polar surface area (TPSA) is 83.1 Å². The number of rotatable bonds is 6. The smallest absolute Gasteiger partial charge is 0.283 e. The van der Waals surface area contributed by atoms with Crippen LogP contribution in [-0.2, 0) is 13.7 Å². The largest absolute Gasteiger partial charge is 0.484 e. The van der Waals surface area contributed by atoms with Gasteiger partial charge in [0.15, 0.2) is 11.0 Å². The summed E-state index contributed by atoms with van der Waals surface area (Å²) in [5, 5.41) is 20.5. The molecule has 26 heavy (non-hydrogen) atoms. The molecule has 134 valence electrons. The number of aryl methyl sites for hydroxylation is 1. The van der Waals surface area contributed by atoms with Crippen molar-refractivity contribution in [2.24, 2.45) is 7.05 Å². The van der Waals surface area contributed by atoms with E-state index in [4.69, 9.17) is 16.3 Å². The predicted molar refractivity (Wildman–Crippen MR) is 98.7 cm³/mol. The Labute approximate surface area is 159 Å². The highest BCUT2D eigenvalue weighted by molar-refractivity contribution is 7.99. The van der Waals surface area contributed by atoms with Crippen LogP contribution in [-0.4, -0.2) is 19.7 Å².